The standard InChI is InChI=1S/C15H30N4O2S.HI/c1-19(2)13(20)11-17-14(16-8-10-22-4)18-12-15(5-6-15)7-9-21-3;/h5-12H2,1-4H3,(H2,16,17,18);1H. The van der Waals surface area contributed by atoms with Crippen LogP contribution in [0.4, 0.5) is 0 Å². The summed E-state index contributed by atoms with van der Waals surface area (Å²) >= 11 is 1.78. The number of amides is 1. The van der Waals surface area contributed by atoms with Gasteiger partial charge >= 0.3 is 0 Å². The summed E-state index contributed by atoms with van der Waals surface area (Å²) in [5, 5.41) is 6.68. The third-order valence-corrected chi connectivity index (χ3v) is 4.51. The second-order valence-electron chi connectivity index (χ2n) is 5.97. The fraction of sp³-hybridized carbons (Fsp3) is 0.867. The molecule has 0 aromatic rings. The molecule has 1 fully saturated rings. The third kappa shape index (κ3) is 9.61. The third-order valence-electron chi connectivity index (χ3n) is 3.89. The number of thioether (sulfide) groups is 1. The number of likely N-dealkylation sites (N-methyl/N-ethyl adjacent to an activating group) is 1. The van der Waals surface area contributed by atoms with Gasteiger partial charge in [0.1, 0.15) is 6.54 Å². The summed E-state index contributed by atoms with van der Waals surface area (Å²) in [7, 11) is 5.24. The SMILES string of the molecule is COCCC1(CNC(=NCC(=O)N(C)C)NCCSC)CC1.I. The summed E-state index contributed by atoms with van der Waals surface area (Å²) < 4.78 is 5.18. The molecule has 1 aliphatic rings. The lowest BCUT2D eigenvalue weighted by molar-refractivity contribution is -0.127. The van der Waals surface area contributed by atoms with Crippen molar-refractivity contribution in [2.75, 3.05) is 59.5 Å². The van der Waals surface area contributed by atoms with Crippen LogP contribution in [0.15, 0.2) is 4.99 Å². The Morgan fingerprint density at radius 1 is 1.35 bits per heavy atom. The predicted octanol–water partition coefficient (Wildman–Crippen LogP) is 1.41. The van der Waals surface area contributed by atoms with Crippen LogP contribution in [0.25, 0.3) is 0 Å². The van der Waals surface area contributed by atoms with Crippen LogP contribution in [-0.4, -0.2) is 76.2 Å². The molecule has 0 atom stereocenters. The van der Waals surface area contributed by atoms with Gasteiger partial charge in [0.2, 0.25) is 5.91 Å². The molecular weight excluding hydrogens is 427 g/mol. The first-order valence-electron chi connectivity index (χ1n) is 7.73. The van der Waals surface area contributed by atoms with Crippen LogP contribution in [0, 0.1) is 5.41 Å². The minimum atomic E-state index is 0. The number of ether oxygens (including phenoxy) is 1. The molecule has 1 amide bonds. The normalized spacial score (nSPS) is 15.6. The van der Waals surface area contributed by atoms with E-state index in [2.05, 4.69) is 21.9 Å². The minimum absolute atomic E-state index is 0. The summed E-state index contributed by atoms with van der Waals surface area (Å²) in [5.74, 6) is 1.75. The number of carbonyl (C=O) groups is 1. The van der Waals surface area contributed by atoms with Gasteiger partial charge in [0.15, 0.2) is 5.96 Å². The number of nitrogens with one attached hydrogen (secondary N) is 2. The molecule has 8 heteroatoms. The van der Waals surface area contributed by atoms with Gasteiger partial charge in [-0.15, -0.1) is 24.0 Å². The van der Waals surface area contributed by atoms with Crippen molar-refractivity contribution in [3.63, 3.8) is 0 Å². The second-order valence-corrected chi connectivity index (χ2v) is 6.95. The highest BCUT2D eigenvalue weighted by molar-refractivity contribution is 14.0. The smallest absolute Gasteiger partial charge is 0.243 e. The zero-order valence-electron chi connectivity index (χ0n) is 14.7. The van der Waals surface area contributed by atoms with Gasteiger partial charge in [-0.1, -0.05) is 0 Å². The van der Waals surface area contributed by atoms with Gasteiger partial charge in [0.05, 0.1) is 0 Å². The quantitative estimate of drug-likeness (QED) is 0.224. The number of methoxy groups -OCH3 is 1. The maximum Gasteiger partial charge on any atom is 0.243 e. The van der Waals surface area contributed by atoms with Crippen molar-refractivity contribution in [2.45, 2.75) is 19.3 Å². The van der Waals surface area contributed by atoms with Crippen LogP contribution in [0.3, 0.4) is 0 Å². The Morgan fingerprint density at radius 2 is 2.04 bits per heavy atom. The van der Waals surface area contributed by atoms with E-state index < -0.39 is 0 Å². The van der Waals surface area contributed by atoms with Crippen molar-refractivity contribution >= 4 is 47.6 Å². The fourth-order valence-corrected chi connectivity index (χ4v) is 2.32. The number of hydrogen-bond donors (Lipinski definition) is 2. The van der Waals surface area contributed by atoms with Crippen molar-refractivity contribution in [1.29, 1.82) is 0 Å². The van der Waals surface area contributed by atoms with E-state index in [4.69, 9.17) is 4.74 Å². The van der Waals surface area contributed by atoms with Gasteiger partial charge < -0.3 is 20.3 Å². The van der Waals surface area contributed by atoms with Crippen molar-refractivity contribution in [1.82, 2.24) is 15.5 Å². The largest absolute Gasteiger partial charge is 0.385 e. The van der Waals surface area contributed by atoms with Gasteiger partial charge in [0, 0.05) is 46.7 Å². The van der Waals surface area contributed by atoms with Crippen LogP contribution in [0.2, 0.25) is 0 Å². The molecule has 0 aromatic heterocycles. The molecule has 1 aliphatic carbocycles. The molecule has 0 heterocycles. The fourth-order valence-electron chi connectivity index (χ4n) is 2.02. The monoisotopic (exact) mass is 458 g/mol. The van der Waals surface area contributed by atoms with E-state index >= 15 is 0 Å². The molecule has 0 saturated heterocycles. The molecule has 0 spiro atoms. The topological polar surface area (TPSA) is 66.0 Å². The Labute approximate surface area is 161 Å². The lowest BCUT2D eigenvalue weighted by Crippen LogP contribution is -2.42. The molecule has 6 nitrogen and oxygen atoms in total. The zero-order valence-corrected chi connectivity index (χ0v) is 17.8. The van der Waals surface area contributed by atoms with Crippen molar-refractivity contribution in [2.24, 2.45) is 10.4 Å². The van der Waals surface area contributed by atoms with Gasteiger partial charge in [-0.2, -0.15) is 11.8 Å². The van der Waals surface area contributed by atoms with E-state index in [1.807, 2.05) is 0 Å². The van der Waals surface area contributed by atoms with Crippen LogP contribution < -0.4 is 10.6 Å². The summed E-state index contributed by atoms with van der Waals surface area (Å²) in [6.45, 7) is 2.70. The highest BCUT2D eigenvalue weighted by atomic mass is 127. The lowest BCUT2D eigenvalue weighted by atomic mass is 10.0. The van der Waals surface area contributed by atoms with E-state index in [1.165, 1.54) is 12.8 Å². The molecule has 1 saturated carbocycles. The lowest BCUT2D eigenvalue weighted by Gasteiger charge is -2.18. The first kappa shape index (κ1) is 22.8. The number of rotatable bonds is 10. The molecule has 0 radical (unpaired) electrons. The number of nitrogens with zero attached hydrogens (tertiary/aromatic N) is 2. The van der Waals surface area contributed by atoms with E-state index in [-0.39, 0.29) is 36.4 Å². The van der Waals surface area contributed by atoms with E-state index in [9.17, 15) is 4.79 Å². The van der Waals surface area contributed by atoms with Gasteiger partial charge in [-0.05, 0) is 30.9 Å². The van der Waals surface area contributed by atoms with Crippen LogP contribution >= 0.6 is 35.7 Å². The number of guanidine groups is 1. The molecule has 0 bridgehead atoms. The van der Waals surface area contributed by atoms with E-state index in [0.717, 1.165) is 37.8 Å². The first-order chi connectivity index (χ1) is 10.5. The predicted molar refractivity (Wildman–Crippen MR) is 109 cm³/mol. The van der Waals surface area contributed by atoms with Gasteiger partial charge in [-0.25, -0.2) is 4.99 Å². The molecule has 2 N–H and O–H groups in total. The van der Waals surface area contributed by atoms with Gasteiger partial charge in [0.25, 0.3) is 0 Å². The molecule has 0 aromatic carbocycles. The summed E-state index contributed by atoms with van der Waals surface area (Å²) in [6, 6.07) is 0. The minimum Gasteiger partial charge on any atom is -0.385 e. The molecule has 23 heavy (non-hydrogen) atoms. The highest BCUT2D eigenvalue weighted by Gasteiger charge is 2.41. The van der Waals surface area contributed by atoms with Crippen molar-refractivity contribution in [3.05, 3.63) is 0 Å². The van der Waals surface area contributed by atoms with Crippen molar-refractivity contribution < 1.29 is 9.53 Å². The number of carbonyl (C=O) groups excluding carboxylic acids is 1. The van der Waals surface area contributed by atoms with Gasteiger partial charge in [-0.3, -0.25) is 4.79 Å². The Bertz CT molecular complexity index is 376. The van der Waals surface area contributed by atoms with Crippen LogP contribution in [0.1, 0.15) is 19.3 Å². The highest BCUT2D eigenvalue weighted by Crippen LogP contribution is 2.48. The molecule has 136 valence electrons. The maximum atomic E-state index is 11.7. The Balaban J connectivity index is 0.00000484. The van der Waals surface area contributed by atoms with E-state index in [0.29, 0.717) is 5.41 Å². The Morgan fingerprint density at radius 3 is 2.57 bits per heavy atom. The average Bonchev–Trinajstić information content (AvgIpc) is 3.27. The van der Waals surface area contributed by atoms with Crippen LogP contribution in [-0.2, 0) is 9.53 Å². The molecule has 0 aliphatic heterocycles. The molecule has 0 unspecified atom stereocenters. The maximum absolute atomic E-state index is 11.7. The Hall–Kier alpha value is -0.220. The average molecular weight is 458 g/mol. The molecule has 1 rings (SSSR count). The number of halogens is 1. The van der Waals surface area contributed by atoms with Crippen LogP contribution in [0.5, 0.6) is 0 Å². The zero-order chi connectivity index (χ0) is 16.4. The second kappa shape index (κ2) is 12.2. The summed E-state index contributed by atoms with van der Waals surface area (Å²) in [6.07, 6.45) is 5.62. The summed E-state index contributed by atoms with van der Waals surface area (Å²) in [4.78, 5) is 17.6. The number of aliphatic imine (C=N–C) groups is 1. The number of hydrogen-bond acceptors (Lipinski definition) is 4. The Kier molecular flexibility index (Phi) is 12.1. The van der Waals surface area contributed by atoms with Crippen molar-refractivity contribution in [3.8, 4) is 0 Å². The first-order valence-corrected chi connectivity index (χ1v) is 9.12. The molecular formula is C15H31IN4O2S. The summed E-state index contributed by atoms with van der Waals surface area (Å²) in [5.41, 5.74) is 0.351. The van der Waals surface area contributed by atoms with E-state index in [1.54, 1.807) is 37.9 Å².